The molecule has 0 atom stereocenters. The molecule has 0 fully saturated rings. The molecule has 0 bridgehead atoms. The fourth-order valence-electron chi connectivity index (χ4n) is 6.04. The molecule has 0 amide bonds. The van der Waals surface area contributed by atoms with Crippen LogP contribution in [0, 0.1) is 6.92 Å². The molecular formula is C51H65FN2O. The number of aromatic nitrogens is 1. The third kappa shape index (κ3) is 15.1. The van der Waals surface area contributed by atoms with Gasteiger partial charge in [-0.3, -0.25) is 4.98 Å². The van der Waals surface area contributed by atoms with Gasteiger partial charge in [-0.05, 0) is 132 Å². The van der Waals surface area contributed by atoms with Crippen molar-refractivity contribution < 1.29 is 9.13 Å². The molecule has 55 heavy (non-hydrogen) atoms. The summed E-state index contributed by atoms with van der Waals surface area (Å²) >= 11 is 0. The highest BCUT2D eigenvalue weighted by molar-refractivity contribution is 5.67. The summed E-state index contributed by atoms with van der Waals surface area (Å²) in [7, 11) is 0. The van der Waals surface area contributed by atoms with Gasteiger partial charge in [-0.1, -0.05) is 133 Å². The topological polar surface area (TPSA) is 34.1 Å². The zero-order valence-corrected chi connectivity index (χ0v) is 35.3. The zero-order chi connectivity index (χ0) is 40.4. The molecule has 4 heteroatoms. The molecule has 2 heterocycles. The van der Waals surface area contributed by atoms with Crippen molar-refractivity contribution in [1.82, 2.24) is 10.3 Å². The number of hydrogen-bond acceptors (Lipinski definition) is 3. The molecule has 5 aromatic rings. The van der Waals surface area contributed by atoms with E-state index in [1.807, 2.05) is 44.2 Å². The van der Waals surface area contributed by atoms with Crippen molar-refractivity contribution >= 4 is 5.57 Å². The van der Waals surface area contributed by atoms with Gasteiger partial charge in [0, 0.05) is 25.7 Å². The number of ether oxygens (including phenoxy) is 1. The Kier molecular flexibility index (Phi) is 18.3. The maximum Gasteiger partial charge on any atom is 0.145 e. The highest BCUT2D eigenvalue weighted by atomic mass is 19.1. The number of nitrogens with one attached hydrogen (secondary N) is 1. The predicted octanol–water partition coefficient (Wildman–Crippen LogP) is 14.8. The number of alkyl halides is 1. The third-order valence-electron chi connectivity index (χ3n) is 9.29. The first-order valence-corrected chi connectivity index (χ1v) is 20.1. The molecule has 1 N–H and O–H groups in total. The molecule has 0 spiro atoms. The van der Waals surface area contributed by atoms with Crippen LogP contribution in [-0.4, -0.2) is 10.7 Å². The number of allylic oxidation sites excluding steroid dienone is 4. The number of halogens is 1. The Morgan fingerprint density at radius 3 is 1.98 bits per heavy atom. The Morgan fingerprint density at radius 1 is 0.800 bits per heavy atom. The molecule has 1 aromatic heterocycles. The maximum absolute atomic E-state index is 13.7. The average molecular weight is 741 g/mol. The highest BCUT2D eigenvalue weighted by Gasteiger charge is 2.17. The first kappa shape index (κ1) is 44.6. The highest BCUT2D eigenvalue weighted by Crippen LogP contribution is 2.27. The van der Waals surface area contributed by atoms with Gasteiger partial charge in [0.1, 0.15) is 17.2 Å². The van der Waals surface area contributed by atoms with Crippen LogP contribution in [0.3, 0.4) is 0 Å². The fourth-order valence-corrected chi connectivity index (χ4v) is 6.04. The number of benzene rings is 4. The van der Waals surface area contributed by atoms with Gasteiger partial charge < -0.3 is 10.1 Å². The molecule has 0 radical (unpaired) electrons. The number of fused-ring (bicyclic) bond motifs is 1. The second-order valence-corrected chi connectivity index (χ2v) is 15.1. The lowest BCUT2D eigenvalue weighted by Crippen LogP contribution is -2.16. The van der Waals surface area contributed by atoms with Gasteiger partial charge in [0.2, 0.25) is 0 Å². The van der Waals surface area contributed by atoms with Gasteiger partial charge in [-0.2, -0.15) is 0 Å². The van der Waals surface area contributed by atoms with Crippen LogP contribution in [0.4, 0.5) is 4.39 Å². The van der Waals surface area contributed by atoms with E-state index in [-0.39, 0.29) is 0 Å². The van der Waals surface area contributed by atoms with Crippen molar-refractivity contribution in [3.05, 3.63) is 167 Å². The summed E-state index contributed by atoms with van der Waals surface area (Å²) in [6.45, 7) is 24.4. The standard InChI is InChI=1S/C18H25F.C17H19N.C14H15NO.C2H6/c1-6-7-8-9-14(2)16-10-11-17(15(3)12-16)13-18(4,5)19;1-12(2)13-3-5-14(6-4-13)15-7-8-16-10-18-11-17(16)9-15;1-11(2)12-5-7-13(8-6-12)16-14-4-3-9-15-10-14;1-2/h7-12H,6,13H2,1-5H3;3-9,12,18H,10-11H2,1-2H3;3-11H,1-2H3;1-2H3/b8-7+,14-9+;;;. The number of hydrogen-bond donors (Lipinski definition) is 1. The second-order valence-electron chi connectivity index (χ2n) is 15.1. The molecule has 0 saturated heterocycles. The summed E-state index contributed by atoms with van der Waals surface area (Å²) in [5.41, 5.74) is 11.8. The Hall–Kier alpha value is -4.80. The van der Waals surface area contributed by atoms with E-state index in [0.717, 1.165) is 42.1 Å². The minimum atomic E-state index is -1.15. The average Bonchev–Trinajstić information content (AvgIpc) is 3.66. The van der Waals surface area contributed by atoms with E-state index in [2.05, 4.69) is 144 Å². The van der Waals surface area contributed by atoms with Crippen LogP contribution in [0.25, 0.3) is 16.7 Å². The molecule has 0 unspecified atom stereocenters. The molecule has 0 saturated carbocycles. The van der Waals surface area contributed by atoms with Crippen molar-refractivity contribution in [2.24, 2.45) is 0 Å². The van der Waals surface area contributed by atoms with Gasteiger partial charge in [-0.15, -0.1) is 0 Å². The first-order chi connectivity index (χ1) is 26.3. The van der Waals surface area contributed by atoms with Gasteiger partial charge in [-0.25, -0.2) is 4.39 Å². The molecule has 4 aromatic carbocycles. The van der Waals surface area contributed by atoms with E-state index in [9.17, 15) is 4.39 Å². The Morgan fingerprint density at radius 2 is 1.42 bits per heavy atom. The van der Waals surface area contributed by atoms with Crippen LogP contribution in [0.1, 0.15) is 126 Å². The number of nitrogens with zero attached hydrogens (tertiary/aromatic N) is 1. The van der Waals surface area contributed by atoms with Crippen molar-refractivity contribution in [3.8, 4) is 22.6 Å². The van der Waals surface area contributed by atoms with Crippen LogP contribution in [0.2, 0.25) is 0 Å². The van der Waals surface area contributed by atoms with E-state index in [0.29, 0.717) is 18.3 Å². The molecule has 1 aliphatic rings. The number of rotatable bonds is 10. The Labute approximate surface area is 332 Å². The largest absolute Gasteiger partial charge is 0.456 e. The van der Waals surface area contributed by atoms with E-state index in [4.69, 9.17) is 4.74 Å². The molecule has 1 aliphatic heterocycles. The smallest absolute Gasteiger partial charge is 0.145 e. The minimum absolute atomic E-state index is 0.470. The zero-order valence-electron chi connectivity index (χ0n) is 35.3. The summed E-state index contributed by atoms with van der Waals surface area (Å²) in [6, 6.07) is 33.9. The van der Waals surface area contributed by atoms with E-state index >= 15 is 0 Å². The molecule has 3 nitrogen and oxygen atoms in total. The van der Waals surface area contributed by atoms with Gasteiger partial charge in [0.25, 0.3) is 0 Å². The van der Waals surface area contributed by atoms with Gasteiger partial charge in [0.05, 0.1) is 6.20 Å². The molecule has 6 rings (SSSR count). The number of aryl methyl sites for hydroxylation is 1. The summed E-state index contributed by atoms with van der Waals surface area (Å²) < 4.78 is 19.3. The first-order valence-electron chi connectivity index (χ1n) is 20.1. The molecular weight excluding hydrogens is 676 g/mol. The van der Waals surface area contributed by atoms with Crippen molar-refractivity contribution in [2.75, 3.05) is 0 Å². The van der Waals surface area contributed by atoms with E-state index in [1.54, 1.807) is 26.2 Å². The lowest BCUT2D eigenvalue weighted by Gasteiger charge is -2.16. The Bertz CT molecular complexity index is 1920. The van der Waals surface area contributed by atoms with Crippen LogP contribution < -0.4 is 10.1 Å². The van der Waals surface area contributed by atoms with Crippen LogP contribution in [0.15, 0.2) is 128 Å². The number of pyridine rings is 1. The Balaban J connectivity index is 0.000000217. The van der Waals surface area contributed by atoms with Crippen molar-refractivity contribution in [1.29, 1.82) is 0 Å². The SMILES string of the molecule is CC.CC(C)c1ccc(-c2ccc3c(c2)CNC3)cc1.CC(C)c1ccc(Oc2cccnc2)cc1.CC/C=C/C=C(\C)c1ccc(CC(C)(C)F)c(C)c1. The second kappa shape index (κ2) is 22.5. The quantitative estimate of drug-likeness (QED) is 0.145. The summed E-state index contributed by atoms with van der Waals surface area (Å²) in [5.74, 6) is 2.76. The maximum atomic E-state index is 13.7. The van der Waals surface area contributed by atoms with Crippen molar-refractivity contribution in [2.45, 2.75) is 120 Å². The summed E-state index contributed by atoms with van der Waals surface area (Å²) in [4.78, 5) is 4.00. The normalized spacial score (nSPS) is 12.3. The minimum Gasteiger partial charge on any atom is -0.456 e. The van der Waals surface area contributed by atoms with Crippen LogP contribution >= 0.6 is 0 Å². The van der Waals surface area contributed by atoms with Crippen LogP contribution in [-0.2, 0) is 19.5 Å². The summed E-state index contributed by atoms with van der Waals surface area (Å²) in [6.07, 6.45) is 11.3. The van der Waals surface area contributed by atoms with E-state index in [1.165, 1.54) is 44.5 Å². The van der Waals surface area contributed by atoms with E-state index < -0.39 is 5.67 Å². The molecule has 0 aliphatic carbocycles. The van der Waals surface area contributed by atoms with Crippen molar-refractivity contribution in [3.63, 3.8) is 0 Å². The van der Waals surface area contributed by atoms with Crippen LogP contribution in [0.5, 0.6) is 11.5 Å². The predicted molar refractivity (Wildman–Crippen MR) is 236 cm³/mol. The summed E-state index contributed by atoms with van der Waals surface area (Å²) in [5, 5.41) is 3.39. The lowest BCUT2D eigenvalue weighted by molar-refractivity contribution is 0.217. The molecule has 292 valence electrons. The lowest BCUT2D eigenvalue weighted by atomic mass is 9.94. The third-order valence-corrected chi connectivity index (χ3v) is 9.29. The van der Waals surface area contributed by atoms with Gasteiger partial charge in [0.15, 0.2) is 0 Å². The fraction of sp³-hybridized carbons (Fsp3) is 0.353. The van der Waals surface area contributed by atoms with Gasteiger partial charge >= 0.3 is 0 Å². The monoisotopic (exact) mass is 741 g/mol.